The van der Waals surface area contributed by atoms with Crippen molar-refractivity contribution in [3.8, 4) is 5.88 Å². The summed E-state index contributed by atoms with van der Waals surface area (Å²) >= 11 is 0. The minimum Gasteiger partial charge on any atom is -0.476 e. The number of likely N-dealkylation sites (tertiary alicyclic amines) is 1. The number of carbonyl (C=O) groups is 1. The number of ether oxygens (including phenoxy) is 1. The Bertz CT molecular complexity index is 984. The molecule has 4 rings (SSSR count). The van der Waals surface area contributed by atoms with E-state index in [2.05, 4.69) is 46.4 Å². The number of hydrogen-bond acceptors (Lipinski definition) is 6. The van der Waals surface area contributed by atoms with E-state index < -0.39 is 0 Å². The molecule has 2 aromatic heterocycles. The van der Waals surface area contributed by atoms with Gasteiger partial charge in [-0.15, -0.1) is 5.10 Å². The molecule has 0 atom stereocenters. The smallest absolute Gasteiger partial charge is 0.253 e. The molecule has 0 radical (unpaired) electrons. The highest BCUT2D eigenvalue weighted by molar-refractivity contribution is 5.97. The van der Waals surface area contributed by atoms with E-state index in [1.807, 2.05) is 29.2 Å². The minimum atomic E-state index is -0.0247. The highest BCUT2D eigenvalue weighted by Crippen LogP contribution is 2.23. The van der Waals surface area contributed by atoms with Crippen LogP contribution in [0.15, 0.2) is 30.3 Å². The second-order valence-corrected chi connectivity index (χ2v) is 8.58. The highest BCUT2D eigenvalue weighted by atomic mass is 16.5. The third kappa shape index (κ3) is 4.36. The first-order valence-corrected chi connectivity index (χ1v) is 9.97. The van der Waals surface area contributed by atoms with Crippen LogP contribution in [0, 0.1) is 5.92 Å². The van der Waals surface area contributed by atoms with Gasteiger partial charge in [0, 0.05) is 30.1 Å². The molecule has 3 aromatic rings. The molecular formula is C21H26N6O2. The third-order valence-electron chi connectivity index (χ3n) is 5.34. The molecule has 0 saturated carbocycles. The Morgan fingerprint density at radius 3 is 2.55 bits per heavy atom. The van der Waals surface area contributed by atoms with Gasteiger partial charge in [0.2, 0.25) is 5.88 Å². The summed E-state index contributed by atoms with van der Waals surface area (Å²) in [5.41, 5.74) is 3.04. The van der Waals surface area contributed by atoms with Crippen molar-refractivity contribution in [1.29, 1.82) is 0 Å². The van der Waals surface area contributed by atoms with Gasteiger partial charge in [-0.2, -0.15) is 20.5 Å². The quantitative estimate of drug-likeness (QED) is 0.731. The molecule has 1 N–H and O–H groups in total. The van der Waals surface area contributed by atoms with Crippen LogP contribution in [0.5, 0.6) is 5.88 Å². The molecule has 0 unspecified atom stereocenters. The summed E-state index contributed by atoms with van der Waals surface area (Å²) < 4.78 is 5.84. The number of benzene rings is 1. The summed E-state index contributed by atoms with van der Waals surface area (Å²) in [4.78, 5) is 14.7. The zero-order valence-electron chi connectivity index (χ0n) is 17.1. The van der Waals surface area contributed by atoms with E-state index >= 15 is 0 Å². The maximum absolute atomic E-state index is 12.8. The van der Waals surface area contributed by atoms with Crippen LogP contribution in [0.3, 0.4) is 0 Å². The molecule has 1 aliphatic rings. The summed E-state index contributed by atoms with van der Waals surface area (Å²) in [7, 11) is 0. The molecule has 152 valence electrons. The van der Waals surface area contributed by atoms with Gasteiger partial charge >= 0.3 is 0 Å². The second kappa shape index (κ2) is 7.77. The summed E-state index contributed by atoms with van der Waals surface area (Å²) in [6.45, 7) is 8.36. The number of amides is 1. The Balaban J connectivity index is 1.28. The van der Waals surface area contributed by atoms with Crippen LogP contribution < -0.4 is 4.74 Å². The van der Waals surface area contributed by atoms with E-state index in [0.29, 0.717) is 29.5 Å². The predicted molar refractivity (Wildman–Crippen MR) is 109 cm³/mol. The molecule has 0 spiro atoms. The Morgan fingerprint density at radius 2 is 1.86 bits per heavy atom. The second-order valence-electron chi connectivity index (χ2n) is 8.58. The summed E-state index contributed by atoms with van der Waals surface area (Å²) in [5, 5.41) is 19.1. The molecule has 8 heteroatoms. The molecule has 1 amide bonds. The van der Waals surface area contributed by atoms with Crippen LogP contribution in [0.4, 0.5) is 0 Å². The lowest BCUT2D eigenvalue weighted by molar-refractivity contribution is 0.0659. The van der Waals surface area contributed by atoms with Gasteiger partial charge in [-0.3, -0.25) is 4.79 Å². The van der Waals surface area contributed by atoms with Gasteiger partial charge in [0.05, 0.1) is 12.3 Å². The average Bonchev–Trinajstić information content (AvgIpc) is 3.19. The number of H-pyrrole nitrogens is 1. The number of piperidine rings is 1. The highest BCUT2D eigenvalue weighted by Gasteiger charge is 2.24. The number of rotatable bonds is 4. The van der Waals surface area contributed by atoms with E-state index in [9.17, 15) is 4.79 Å². The molecule has 1 saturated heterocycles. The number of carbonyl (C=O) groups excluding carboxylic acids is 1. The van der Waals surface area contributed by atoms with Gasteiger partial charge in [0.1, 0.15) is 11.0 Å². The summed E-state index contributed by atoms with van der Waals surface area (Å²) in [5.74, 6) is 0.997. The van der Waals surface area contributed by atoms with E-state index in [4.69, 9.17) is 4.74 Å². The number of nitrogens with one attached hydrogen (secondary N) is 1. The van der Waals surface area contributed by atoms with Crippen LogP contribution in [0.1, 0.15) is 49.7 Å². The van der Waals surface area contributed by atoms with Crippen LogP contribution in [-0.4, -0.2) is 56.1 Å². The van der Waals surface area contributed by atoms with Gasteiger partial charge < -0.3 is 9.64 Å². The fourth-order valence-electron chi connectivity index (χ4n) is 3.46. The van der Waals surface area contributed by atoms with E-state index in [-0.39, 0.29) is 11.3 Å². The SMILES string of the molecule is CC(C)(C)c1ccc(OCC2CCN(C(=O)c3ccc4n[nH]nc4c3)CC2)nn1. The lowest BCUT2D eigenvalue weighted by Crippen LogP contribution is -2.39. The molecule has 0 bridgehead atoms. The number of fused-ring (bicyclic) bond motifs is 1. The monoisotopic (exact) mass is 394 g/mol. The predicted octanol–water partition coefficient (Wildman–Crippen LogP) is 2.98. The zero-order valence-corrected chi connectivity index (χ0v) is 17.1. The van der Waals surface area contributed by atoms with Gasteiger partial charge in [-0.05, 0) is 43.0 Å². The molecule has 8 nitrogen and oxygen atoms in total. The standard InChI is InChI=1S/C21H26N6O2/c1-21(2,3)18-6-7-19(25-24-18)29-13-14-8-10-27(11-9-14)20(28)15-4-5-16-17(12-15)23-26-22-16/h4-7,12,14H,8-11,13H2,1-3H3,(H,22,23,26). The summed E-state index contributed by atoms with van der Waals surface area (Å²) in [6.07, 6.45) is 1.82. The Morgan fingerprint density at radius 1 is 1.10 bits per heavy atom. The maximum Gasteiger partial charge on any atom is 0.253 e. The zero-order chi connectivity index (χ0) is 20.4. The Labute approximate surface area is 169 Å². The van der Waals surface area contributed by atoms with Gasteiger partial charge in [0.15, 0.2) is 0 Å². The molecule has 1 fully saturated rings. The molecule has 3 heterocycles. The van der Waals surface area contributed by atoms with Gasteiger partial charge in [-0.25, -0.2) is 0 Å². The normalized spacial score (nSPS) is 15.6. The number of aromatic amines is 1. The average molecular weight is 394 g/mol. The van der Waals surface area contributed by atoms with Crippen molar-refractivity contribution in [1.82, 2.24) is 30.5 Å². The van der Waals surface area contributed by atoms with Crippen molar-refractivity contribution in [2.45, 2.75) is 39.0 Å². The first-order valence-electron chi connectivity index (χ1n) is 9.97. The van der Waals surface area contributed by atoms with E-state index in [1.165, 1.54) is 0 Å². The first kappa shape index (κ1) is 19.3. The largest absolute Gasteiger partial charge is 0.476 e. The van der Waals surface area contributed by atoms with Crippen LogP contribution in [0.2, 0.25) is 0 Å². The number of hydrogen-bond donors (Lipinski definition) is 1. The lowest BCUT2D eigenvalue weighted by atomic mass is 9.92. The Hall–Kier alpha value is -3.03. The summed E-state index contributed by atoms with van der Waals surface area (Å²) in [6, 6.07) is 9.26. The minimum absolute atomic E-state index is 0.0247. The van der Waals surface area contributed by atoms with Crippen LogP contribution in [-0.2, 0) is 5.41 Å². The van der Waals surface area contributed by atoms with Crippen LogP contribution in [0.25, 0.3) is 11.0 Å². The molecule has 29 heavy (non-hydrogen) atoms. The molecule has 0 aliphatic carbocycles. The van der Waals surface area contributed by atoms with E-state index in [0.717, 1.165) is 37.1 Å². The van der Waals surface area contributed by atoms with Crippen molar-refractivity contribution in [2.75, 3.05) is 19.7 Å². The van der Waals surface area contributed by atoms with Crippen molar-refractivity contribution < 1.29 is 9.53 Å². The number of aromatic nitrogens is 5. The van der Waals surface area contributed by atoms with Crippen molar-refractivity contribution in [2.24, 2.45) is 5.92 Å². The van der Waals surface area contributed by atoms with Crippen molar-refractivity contribution >= 4 is 16.9 Å². The third-order valence-corrected chi connectivity index (χ3v) is 5.34. The Kier molecular flexibility index (Phi) is 5.17. The maximum atomic E-state index is 12.8. The molecule has 1 aromatic carbocycles. The fourth-order valence-corrected chi connectivity index (χ4v) is 3.46. The first-order chi connectivity index (χ1) is 13.9. The molecule has 1 aliphatic heterocycles. The fraction of sp³-hybridized carbons (Fsp3) is 0.476. The van der Waals surface area contributed by atoms with Crippen molar-refractivity contribution in [3.63, 3.8) is 0 Å². The van der Waals surface area contributed by atoms with Gasteiger partial charge in [0.25, 0.3) is 5.91 Å². The molecular weight excluding hydrogens is 368 g/mol. The van der Waals surface area contributed by atoms with Crippen molar-refractivity contribution in [3.05, 3.63) is 41.6 Å². The number of nitrogens with zero attached hydrogens (tertiary/aromatic N) is 5. The van der Waals surface area contributed by atoms with Gasteiger partial charge in [-0.1, -0.05) is 20.8 Å². The van der Waals surface area contributed by atoms with E-state index in [1.54, 1.807) is 6.07 Å². The van der Waals surface area contributed by atoms with Crippen LogP contribution >= 0.6 is 0 Å². The topological polar surface area (TPSA) is 96.9 Å². The lowest BCUT2D eigenvalue weighted by Gasteiger charge is -2.31.